The van der Waals surface area contributed by atoms with Crippen LogP contribution in [0.2, 0.25) is 0 Å². The van der Waals surface area contributed by atoms with E-state index in [2.05, 4.69) is 12.2 Å². The summed E-state index contributed by atoms with van der Waals surface area (Å²) >= 11 is 0. The molecule has 0 aliphatic carbocycles. The fraction of sp³-hybridized carbons (Fsp3) is 1.00. The van der Waals surface area contributed by atoms with E-state index < -0.39 is 0 Å². The average Bonchev–Trinajstić information content (AvgIpc) is 2.14. The second kappa shape index (κ2) is 4.16. The zero-order valence-electron chi connectivity index (χ0n) is 5.31. The molecule has 1 nitrogen and oxygen atoms in total. The highest BCUT2D eigenvalue weighted by Gasteiger charge is 2.10. The third-order valence-electron chi connectivity index (χ3n) is 1.74. The summed E-state index contributed by atoms with van der Waals surface area (Å²) in [6, 6.07) is 0. The summed E-state index contributed by atoms with van der Waals surface area (Å²) in [5, 5.41) is 3.32. The number of halogens is 1. The minimum atomic E-state index is 0. The van der Waals surface area contributed by atoms with Crippen molar-refractivity contribution >= 4 is 12.4 Å². The Balaban J connectivity index is 0.000000490. The molecule has 1 fully saturated rings. The molecule has 1 N–H and O–H groups in total. The lowest BCUT2D eigenvalue weighted by molar-refractivity contribution is 0.563. The molecule has 1 saturated heterocycles. The summed E-state index contributed by atoms with van der Waals surface area (Å²) < 4.78 is 0. The van der Waals surface area contributed by atoms with Crippen LogP contribution in [0.4, 0.5) is 0 Å². The first kappa shape index (κ1) is 8.25. The first-order valence-electron chi connectivity index (χ1n) is 3.14. The molecule has 50 valence electrons. The fourth-order valence-electron chi connectivity index (χ4n) is 1.06. The standard InChI is InChI=1S/C6H13N.ClH/c1-2-6-3-4-7-5-6;/h6-7H,2-5H2,1H3;1H/t6-;/m0./s1. The lowest BCUT2D eigenvalue weighted by Crippen LogP contribution is -2.07. The van der Waals surface area contributed by atoms with Gasteiger partial charge >= 0.3 is 0 Å². The van der Waals surface area contributed by atoms with Crippen LogP contribution in [-0.2, 0) is 0 Å². The van der Waals surface area contributed by atoms with Gasteiger partial charge in [0.25, 0.3) is 0 Å². The van der Waals surface area contributed by atoms with Gasteiger partial charge in [-0.1, -0.05) is 13.3 Å². The van der Waals surface area contributed by atoms with Crippen molar-refractivity contribution in [1.82, 2.24) is 5.32 Å². The molecule has 1 aliphatic rings. The summed E-state index contributed by atoms with van der Waals surface area (Å²) in [6.07, 6.45) is 2.75. The Morgan fingerprint density at radius 2 is 2.38 bits per heavy atom. The molecule has 0 spiro atoms. The van der Waals surface area contributed by atoms with E-state index in [1.165, 1.54) is 25.9 Å². The van der Waals surface area contributed by atoms with E-state index in [0.29, 0.717) is 0 Å². The Bertz CT molecular complexity index is 50.5. The number of rotatable bonds is 1. The summed E-state index contributed by atoms with van der Waals surface area (Å²) in [6.45, 7) is 4.77. The van der Waals surface area contributed by atoms with Crippen molar-refractivity contribution < 1.29 is 0 Å². The Kier molecular flexibility index (Phi) is 4.29. The van der Waals surface area contributed by atoms with Crippen molar-refractivity contribution in [3.05, 3.63) is 0 Å². The van der Waals surface area contributed by atoms with Gasteiger partial charge in [0.15, 0.2) is 0 Å². The van der Waals surface area contributed by atoms with Crippen LogP contribution in [0.5, 0.6) is 0 Å². The largest absolute Gasteiger partial charge is 0.316 e. The summed E-state index contributed by atoms with van der Waals surface area (Å²) in [7, 11) is 0. The first-order valence-corrected chi connectivity index (χ1v) is 3.14. The highest BCUT2D eigenvalue weighted by atomic mass is 35.5. The average molecular weight is 136 g/mol. The van der Waals surface area contributed by atoms with E-state index in [9.17, 15) is 0 Å². The zero-order chi connectivity index (χ0) is 5.11. The molecule has 0 aromatic carbocycles. The van der Waals surface area contributed by atoms with Crippen molar-refractivity contribution in [2.75, 3.05) is 13.1 Å². The van der Waals surface area contributed by atoms with Crippen molar-refractivity contribution in [2.45, 2.75) is 19.8 Å². The third-order valence-corrected chi connectivity index (χ3v) is 1.74. The Morgan fingerprint density at radius 3 is 2.62 bits per heavy atom. The van der Waals surface area contributed by atoms with Crippen LogP contribution in [0.25, 0.3) is 0 Å². The van der Waals surface area contributed by atoms with Gasteiger partial charge in [0.2, 0.25) is 0 Å². The lowest BCUT2D eigenvalue weighted by atomic mass is 10.1. The quantitative estimate of drug-likeness (QED) is 0.574. The number of hydrogen-bond donors (Lipinski definition) is 1. The minimum Gasteiger partial charge on any atom is -0.316 e. The van der Waals surface area contributed by atoms with Crippen LogP contribution in [0.15, 0.2) is 0 Å². The normalized spacial score (nSPS) is 27.4. The highest BCUT2D eigenvalue weighted by molar-refractivity contribution is 5.85. The van der Waals surface area contributed by atoms with Gasteiger partial charge in [-0.25, -0.2) is 0 Å². The molecule has 1 heterocycles. The molecule has 0 bridgehead atoms. The number of hydrogen-bond acceptors (Lipinski definition) is 1. The molecule has 0 radical (unpaired) electrons. The van der Waals surface area contributed by atoms with E-state index in [1.807, 2.05) is 0 Å². The maximum absolute atomic E-state index is 3.32. The van der Waals surface area contributed by atoms with Gasteiger partial charge in [-0.15, -0.1) is 12.4 Å². The van der Waals surface area contributed by atoms with E-state index in [4.69, 9.17) is 0 Å². The SMILES string of the molecule is CC[C@H]1CCNC1.Cl. The second-order valence-corrected chi connectivity index (χ2v) is 2.27. The number of nitrogens with one attached hydrogen (secondary N) is 1. The van der Waals surface area contributed by atoms with Crippen LogP contribution in [-0.4, -0.2) is 13.1 Å². The molecule has 1 atom stereocenters. The second-order valence-electron chi connectivity index (χ2n) is 2.27. The van der Waals surface area contributed by atoms with E-state index in [-0.39, 0.29) is 12.4 Å². The van der Waals surface area contributed by atoms with Crippen molar-refractivity contribution in [3.8, 4) is 0 Å². The molecule has 0 amide bonds. The minimum absolute atomic E-state index is 0. The van der Waals surface area contributed by atoms with Gasteiger partial charge < -0.3 is 5.32 Å². The molecule has 2 heteroatoms. The van der Waals surface area contributed by atoms with Crippen LogP contribution < -0.4 is 5.32 Å². The van der Waals surface area contributed by atoms with Crippen molar-refractivity contribution in [2.24, 2.45) is 5.92 Å². The Labute approximate surface area is 57.3 Å². The van der Waals surface area contributed by atoms with E-state index in [1.54, 1.807) is 0 Å². The molecule has 0 aromatic heterocycles. The van der Waals surface area contributed by atoms with E-state index in [0.717, 1.165) is 5.92 Å². The predicted molar refractivity (Wildman–Crippen MR) is 38.5 cm³/mol. The van der Waals surface area contributed by atoms with Crippen LogP contribution in [0.1, 0.15) is 19.8 Å². The molecule has 8 heavy (non-hydrogen) atoms. The predicted octanol–water partition coefficient (Wildman–Crippen LogP) is 1.43. The first-order chi connectivity index (χ1) is 3.43. The lowest BCUT2D eigenvalue weighted by Gasteiger charge is -1.98. The molecular weight excluding hydrogens is 122 g/mol. The van der Waals surface area contributed by atoms with Gasteiger partial charge in [-0.05, 0) is 25.4 Å². The topological polar surface area (TPSA) is 12.0 Å². The van der Waals surface area contributed by atoms with Gasteiger partial charge in [0.05, 0.1) is 0 Å². The zero-order valence-corrected chi connectivity index (χ0v) is 6.13. The maximum Gasteiger partial charge on any atom is -0.00201 e. The molecular formula is C6H14ClN. The van der Waals surface area contributed by atoms with Crippen LogP contribution in [0.3, 0.4) is 0 Å². The molecule has 0 saturated carbocycles. The van der Waals surface area contributed by atoms with E-state index >= 15 is 0 Å². The summed E-state index contributed by atoms with van der Waals surface area (Å²) in [5.41, 5.74) is 0. The van der Waals surface area contributed by atoms with Crippen LogP contribution in [0, 0.1) is 5.92 Å². The summed E-state index contributed by atoms with van der Waals surface area (Å²) in [5.74, 6) is 0.986. The molecule has 0 aromatic rings. The Morgan fingerprint density at radius 1 is 1.62 bits per heavy atom. The van der Waals surface area contributed by atoms with Gasteiger partial charge in [-0.3, -0.25) is 0 Å². The molecule has 0 unspecified atom stereocenters. The van der Waals surface area contributed by atoms with Crippen molar-refractivity contribution in [1.29, 1.82) is 0 Å². The summed E-state index contributed by atoms with van der Waals surface area (Å²) in [4.78, 5) is 0. The van der Waals surface area contributed by atoms with Crippen LogP contribution >= 0.6 is 12.4 Å². The monoisotopic (exact) mass is 135 g/mol. The van der Waals surface area contributed by atoms with Gasteiger partial charge in [0.1, 0.15) is 0 Å². The smallest absolute Gasteiger partial charge is 0.00201 e. The fourth-order valence-corrected chi connectivity index (χ4v) is 1.06. The van der Waals surface area contributed by atoms with Crippen molar-refractivity contribution in [3.63, 3.8) is 0 Å². The Hall–Kier alpha value is 0.250. The highest BCUT2D eigenvalue weighted by Crippen LogP contribution is 2.09. The molecule has 1 rings (SSSR count). The third kappa shape index (κ3) is 2.01. The van der Waals surface area contributed by atoms with Gasteiger partial charge in [0, 0.05) is 0 Å². The van der Waals surface area contributed by atoms with Gasteiger partial charge in [-0.2, -0.15) is 0 Å². The molecule has 1 aliphatic heterocycles. The maximum atomic E-state index is 3.32.